The lowest BCUT2D eigenvalue weighted by Crippen LogP contribution is -2.51. The SMILES string of the molecule is Cc1cc(CCC(=O)NC(CCCC[N+](C)(C)C)C(=O)NCCN(C)CCCCCC(=O)On2c(O)ccc2O)n2c1C=C1C(CCCSOOO)=CC(c3ccccc3)=[N+]1[B-]2(F)F. The van der Waals surface area contributed by atoms with Gasteiger partial charge in [0.2, 0.25) is 23.6 Å². The van der Waals surface area contributed by atoms with Crippen molar-refractivity contribution in [1.82, 2.24) is 24.7 Å². The first-order valence-electron chi connectivity index (χ1n) is 21.8. The molecule has 2 aliphatic rings. The van der Waals surface area contributed by atoms with Gasteiger partial charge in [0.15, 0.2) is 11.4 Å². The van der Waals surface area contributed by atoms with E-state index >= 15 is 8.63 Å². The Labute approximate surface area is 377 Å². The van der Waals surface area contributed by atoms with E-state index < -0.39 is 24.9 Å². The van der Waals surface area contributed by atoms with Crippen molar-refractivity contribution in [3.8, 4) is 11.8 Å². The molecule has 5 N–H and O–H groups in total. The molecule has 1 unspecified atom stereocenters. The third-order valence-corrected chi connectivity index (χ3v) is 11.9. The van der Waals surface area contributed by atoms with E-state index in [9.17, 15) is 24.6 Å². The van der Waals surface area contributed by atoms with Crippen molar-refractivity contribution in [2.24, 2.45) is 0 Å². The fraction of sp³-hybridized carbons (Fsp3) is 0.500. The summed E-state index contributed by atoms with van der Waals surface area (Å²) >= 11 is 0.920. The van der Waals surface area contributed by atoms with Crippen molar-refractivity contribution in [3.05, 3.63) is 88.4 Å². The molecule has 16 nitrogen and oxygen atoms in total. The molecule has 1 atom stereocenters. The number of amides is 2. The Bertz CT molecular complexity index is 2150. The Hall–Kier alpha value is -4.99. The number of quaternary nitrogens is 1. The third-order valence-electron chi connectivity index (χ3n) is 11.3. The highest BCUT2D eigenvalue weighted by Crippen LogP contribution is 2.39. The number of aromatic hydroxyl groups is 2. The van der Waals surface area contributed by atoms with Crippen LogP contribution in [-0.2, 0) is 30.2 Å². The van der Waals surface area contributed by atoms with Crippen LogP contribution in [0.1, 0.15) is 86.7 Å². The maximum Gasteiger partial charge on any atom is 0.737 e. The highest BCUT2D eigenvalue weighted by Gasteiger charge is 2.54. The van der Waals surface area contributed by atoms with Gasteiger partial charge in [-0.3, -0.25) is 9.59 Å². The van der Waals surface area contributed by atoms with E-state index in [0.717, 1.165) is 56.9 Å². The van der Waals surface area contributed by atoms with E-state index in [2.05, 4.69) is 46.0 Å². The van der Waals surface area contributed by atoms with Gasteiger partial charge in [-0.1, -0.05) is 29.7 Å². The molecule has 1 aromatic carbocycles. The van der Waals surface area contributed by atoms with Crippen LogP contribution in [0.4, 0.5) is 8.63 Å². The van der Waals surface area contributed by atoms with Crippen LogP contribution >= 0.6 is 12.0 Å². The summed E-state index contributed by atoms with van der Waals surface area (Å²) in [6, 6.07) is 12.4. The Morgan fingerprint density at radius 1 is 0.938 bits per heavy atom. The Balaban J connectivity index is 1.17. The Morgan fingerprint density at radius 3 is 2.38 bits per heavy atom. The summed E-state index contributed by atoms with van der Waals surface area (Å²) < 4.78 is 42.3. The number of aryl methyl sites for hydroxylation is 2. The number of nitrogens with one attached hydrogen (secondary N) is 2. The molecule has 0 saturated carbocycles. The number of hydrogen-bond donors (Lipinski definition) is 5. The molecule has 3 aromatic rings. The number of carbonyl (C=O) groups excluding carboxylic acids is 3. The zero-order valence-electron chi connectivity index (χ0n) is 37.4. The Kier molecular flexibility index (Phi) is 18.2. The lowest BCUT2D eigenvalue weighted by molar-refractivity contribution is -0.870. The molecule has 0 bridgehead atoms. The zero-order valence-corrected chi connectivity index (χ0v) is 38.2. The summed E-state index contributed by atoms with van der Waals surface area (Å²) in [5.74, 6) is -1.56. The highest BCUT2D eigenvalue weighted by molar-refractivity contribution is 7.94. The molecule has 2 aliphatic heterocycles. The van der Waals surface area contributed by atoms with Crippen LogP contribution in [0, 0.1) is 6.92 Å². The minimum Gasteiger partial charge on any atom is -0.492 e. The maximum atomic E-state index is 17.1. The van der Waals surface area contributed by atoms with E-state index in [1.807, 2.05) is 31.3 Å². The van der Waals surface area contributed by atoms with Gasteiger partial charge in [0.1, 0.15) is 6.04 Å². The number of nitrogens with zero attached hydrogens (tertiary/aromatic N) is 5. The van der Waals surface area contributed by atoms with Crippen LogP contribution in [0.25, 0.3) is 6.08 Å². The third kappa shape index (κ3) is 13.8. The summed E-state index contributed by atoms with van der Waals surface area (Å²) in [7, 11) is 8.21. The summed E-state index contributed by atoms with van der Waals surface area (Å²) in [4.78, 5) is 46.3. The van der Waals surface area contributed by atoms with Crippen LogP contribution < -0.4 is 15.5 Å². The number of allylic oxidation sites excluding steroid dienone is 2. The molecule has 5 rings (SSSR count). The van der Waals surface area contributed by atoms with Gasteiger partial charge in [-0.15, -0.1) is 9.06 Å². The highest BCUT2D eigenvalue weighted by atomic mass is 32.2. The largest absolute Gasteiger partial charge is 0.737 e. The van der Waals surface area contributed by atoms with Gasteiger partial charge in [-0.05, 0) is 101 Å². The number of fused-ring (bicyclic) bond motifs is 2. The number of hydrogen-bond acceptors (Lipinski definition) is 11. The van der Waals surface area contributed by atoms with Gasteiger partial charge in [0.25, 0.3) is 0 Å². The van der Waals surface area contributed by atoms with E-state index in [-0.39, 0.29) is 36.9 Å². The van der Waals surface area contributed by atoms with Crippen molar-refractivity contribution in [3.63, 3.8) is 0 Å². The lowest BCUT2D eigenvalue weighted by Gasteiger charge is -2.31. The number of halogens is 2. The summed E-state index contributed by atoms with van der Waals surface area (Å²) in [6.45, 7) is -0.0858. The van der Waals surface area contributed by atoms with Gasteiger partial charge in [-0.25, -0.2) is 10.1 Å². The molecule has 0 aliphatic carbocycles. The minimum atomic E-state index is -4.39. The van der Waals surface area contributed by atoms with Crippen molar-refractivity contribution >= 4 is 48.6 Å². The fourth-order valence-corrected chi connectivity index (χ4v) is 8.38. The normalized spacial score (nSPS) is 14.8. The lowest BCUT2D eigenvalue weighted by atomic mass is 9.88. The molecule has 2 amide bonds. The van der Waals surface area contributed by atoms with Crippen molar-refractivity contribution in [1.29, 1.82) is 0 Å². The first-order chi connectivity index (χ1) is 30.5. The number of likely N-dealkylation sites (N-methyl/N-ethyl adjacent to an activating group) is 1. The second-order valence-electron chi connectivity index (χ2n) is 17.4. The standard InChI is InChI=1S/C44H62BF2N7O9S/c1-32-29-35(51-37(32)31-39-34(17-14-28-64-63-62-60)30-38(52(39)45(51,46)47)33-15-8-6-9-16-33)20-21-40(55)49-36(18-11-13-27-54(3,4)5)44(59)48-24-26-50(2)25-12-7-10-19-43(58)61-53-41(56)22-23-42(53)57/h6,8-9,15-16,22-23,29-31,36H,7,10-14,17-21,24-28H2,1-5H3,(H4-,48,49,55,56,57,59,60)/p+1. The van der Waals surface area contributed by atoms with Gasteiger partial charge in [0, 0.05) is 84.8 Å². The van der Waals surface area contributed by atoms with Gasteiger partial charge in [0.05, 0.1) is 27.7 Å². The average Bonchev–Trinajstić information content (AvgIpc) is 3.90. The van der Waals surface area contributed by atoms with Gasteiger partial charge in [-0.2, -0.15) is 0 Å². The minimum absolute atomic E-state index is 0.0360. The molecule has 4 heterocycles. The molecule has 2 aromatic heterocycles. The first-order valence-corrected chi connectivity index (χ1v) is 22.8. The van der Waals surface area contributed by atoms with Crippen molar-refractivity contribution in [2.75, 3.05) is 60.1 Å². The van der Waals surface area contributed by atoms with E-state index in [1.54, 1.807) is 31.2 Å². The zero-order chi connectivity index (χ0) is 46.4. The summed E-state index contributed by atoms with van der Waals surface area (Å²) in [6.07, 6.45) is 8.80. The van der Waals surface area contributed by atoms with E-state index in [4.69, 9.17) is 10.1 Å². The molecule has 64 heavy (non-hydrogen) atoms. The van der Waals surface area contributed by atoms with Gasteiger partial charge < -0.3 is 52.7 Å². The van der Waals surface area contributed by atoms with Gasteiger partial charge >= 0.3 is 12.9 Å². The van der Waals surface area contributed by atoms with Crippen molar-refractivity contribution in [2.45, 2.75) is 83.6 Å². The van der Waals surface area contributed by atoms with E-state index in [1.165, 1.54) is 12.1 Å². The first kappa shape index (κ1) is 50.0. The van der Waals surface area contributed by atoms with E-state index in [0.29, 0.717) is 96.1 Å². The predicted molar refractivity (Wildman–Crippen MR) is 241 cm³/mol. The Morgan fingerprint density at radius 2 is 1.67 bits per heavy atom. The number of unbranched alkanes of at least 4 members (excludes halogenated alkanes) is 3. The maximum absolute atomic E-state index is 17.1. The molecule has 20 heteroatoms. The molecule has 0 fully saturated rings. The molecule has 350 valence electrons. The smallest absolute Gasteiger partial charge is 0.492 e. The topological polar surface area (TPSA) is 180 Å². The molecule has 0 radical (unpaired) electrons. The number of benzene rings is 1. The fourth-order valence-electron chi connectivity index (χ4n) is 8.01. The second kappa shape index (κ2) is 23.3. The number of aromatic nitrogens is 2. The molecular weight excluding hydrogens is 851 g/mol. The monoisotopic (exact) mass is 914 g/mol. The van der Waals surface area contributed by atoms with Crippen LogP contribution in [0.5, 0.6) is 11.8 Å². The summed E-state index contributed by atoms with van der Waals surface area (Å²) in [5.41, 5.74) is 3.58. The van der Waals surface area contributed by atoms with Crippen molar-refractivity contribution < 1.29 is 61.7 Å². The quantitative estimate of drug-likeness (QED) is 0.0164. The second-order valence-corrected chi connectivity index (χ2v) is 18.2. The number of rotatable bonds is 27. The number of carbonyl (C=O) groups is 3. The van der Waals surface area contributed by atoms with Crippen LogP contribution in [0.2, 0.25) is 0 Å². The van der Waals surface area contributed by atoms with Crippen LogP contribution in [0.15, 0.2) is 65.9 Å². The van der Waals surface area contributed by atoms with Crippen LogP contribution in [-0.4, -0.2) is 135 Å². The predicted octanol–water partition coefficient (Wildman–Crippen LogP) is 5.44. The summed E-state index contributed by atoms with van der Waals surface area (Å²) in [5, 5.41) is 37.3. The molecular formula is C44H63BF2N7O9S+. The van der Waals surface area contributed by atoms with Crippen LogP contribution in [0.3, 0.4) is 0 Å². The average molecular weight is 915 g/mol. The molecule has 0 saturated heterocycles. The molecule has 0 spiro atoms.